The number of benzene rings is 2. The quantitative estimate of drug-likeness (QED) is 0.812. The lowest BCUT2D eigenvalue weighted by molar-refractivity contribution is 0.106. The fraction of sp³-hybridized carbons (Fsp3) is 0.176. The van der Waals surface area contributed by atoms with Crippen molar-refractivity contribution in [3.63, 3.8) is 0 Å². The van der Waals surface area contributed by atoms with E-state index in [1.54, 1.807) is 24.3 Å². The van der Waals surface area contributed by atoms with E-state index in [0.29, 0.717) is 35.6 Å². The smallest absolute Gasteiger partial charge is 0.215 e. The minimum absolute atomic E-state index is 0.194. The van der Waals surface area contributed by atoms with E-state index < -0.39 is 0 Å². The first kappa shape index (κ1) is 13.5. The Kier molecular flexibility index (Phi) is 3.52. The second kappa shape index (κ2) is 5.48. The van der Waals surface area contributed by atoms with Gasteiger partial charge in [-0.1, -0.05) is 12.1 Å². The molecule has 0 fully saturated rings. The molecule has 0 radical (unpaired) electrons. The van der Waals surface area contributed by atoms with Crippen molar-refractivity contribution in [2.24, 2.45) is 4.99 Å². The zero-order chi connectivity index (χ0) is 14.8. The summed E-state index contributed by atoms with van der Waals surface area (Å²) in [5, 5.41) is 0. The average molecular weight is 283 g/mol. The molecule has 2 aromatic carbocycles. The minimum atomic E-state index is -0.292. The van der Waals surface area contributed by atoms with E-state index in [4.69, 9.17) is 4.74 Å². The number of carbonyl (C=O) groups excluding carboxylic acids is 1. The molecule has 2 aromatic rings. The SMILES string of the molecule is COc1ccccc1C(=O)C1=NCCc2cc(F)ccc21. The van der Waals surface area contributed by atoms with Crippen LogP contribution in [-0.4, -0.2) is 25.1 Å². The summed E-state index contributed by atoms with van der Waals surface area (Å²) in [6.07, 6.45) is 0.649. The number of hydrogen-bond acceptors (Lipinski definition) is 3. The predicted molar refractivity (Wildman–Crippen MR) is 78.8 cm³/mol. The van der Waals surface area contributed by atoms with Crippen molar-refractivity contribution in [3.05, 3.63) is 65.0 Å². The fourth-order valence-corrected chi connectivity index (χ4v) is 2.53. The summed E-state index contributed by atoms with van der Waals surface area (Å²) < 4.78 is 18.5. The van der Waals surface area contributed by atoms with Crippen molar-refractivity contribution < 1.29 is 13.9 Å². The van der Waals surface area contributed by atoms with Gasteiger partial charge >= 0.3 is 0 Å². The van der Waals surface area contributed by atoms with E-state index in [1.807, 2.05) is 6.07 Å². The van der Waals surface area contributed by atoms with E-state index in [-0.39, 0.29) is 11.6 Å². The van der Waals surface area contributed by atoms with Crippen LogP contribution >= 0.6 is 0 Å². The van der Waals surface area contributed by atoms with E-state index in [0.717, 1.165) is 5.56 Å². The third kappa shape index (κ3) is 2.44. The summed E-state index contributed by atoms with van der Waals surface area (Å²) in [4.78, 5) is 17.1. The van der Waals surface area contributed by atoms with Crippen molar-refractivity contribution in [2.45, 2.75) is 6.42 Å². The maximum absolute atomic E-state index is 13.3. The lowest BCUT2D eigenvalue weighted by Gasteiger charge is -2.17. The number of methoxy groups -OCH3 is 1. The van der Waals surface area contributed by atoms with Crippen LogP contribution in [-0.2, 0) is 6.42 Å². The molecule has 1 aliphatic heterocycles. The largest absolute Gasteiger partial charge is 0.496 e. The molecule has 1 heterocycles. The molecule has 3 nitrogen and oxygen atoms in total. The maximum Gasteiger partial charge on any atom is 0.215 e. The van der Waals surface area contributed by atoms with E-state index in [1.165, 1.54) is 19.2 Å². The zero-order valence-corrected chi connectivity index (χ0v) is 11.6. The van der Waals surface area contributed by atoms with Gasteiger partial charge in [0.15, 0.2) is 0 Å². The normalized spacial score (nSPS) is 13.3. The molecule has 0 amide bonds. The third-order valence-corrected chi connectivity index (χ3v) is 3.54. The van der Waals surface area contributed by atoms with Gasteiger partial charge in [0.05, 0.1) is 12.7 Å². The number of rotatable bonds is 3. The van der Waals surface area contributed by atoms with Crippen LogP contribution in [0.4, 0.5) is 4.39 Å². The molecule has 1 aliphatic rings. The number of ketones is 1. The molecule has 106 valence electrons. The number of halogens is 1. The standard InChI is InChI=1S/C17H14FNO2/c1-21-15-5-3-2-4-14(15)17(20)16-13-7-6-12(18)10-11(13)8-9-19-16/h2-7,10H,8-9H2,1H3. The van der Waals surface area contributed by atoms with Gasteiger partial charge in [0.2, 0.25) is 5.78 Å². The number of nitrogens with zero attached hydrogens (tertiary/aromatic N) is 1. The van der Waals surface area contributed by atoms with Gasteiger partial charge in [0.1, 0.15) is 17.3 Å². The summed E-state index contributed by atoms with van der Waals surface area (Å²) in [5.41, 5.74) is 2.37. The third-order valence-electron chi connectivity index (χ3n) is 3.54. The second-order valence-corrected chi connectivity index (χ2v) is 4.81. The first-order valence-electron chi connectivity index (χ1n) is 6.71. The van der Waals surface area contributed by atoms with Crippen LogP contribution in [0.5, 0.6) is 5.75 Å². The van der Waals surface area contributed by atoms with Gasteiger partial charge in [-0.05, 0) is 42.3 Å². The molecule has 21 heavy (non-hydrogen) atoms. The van der Waals surface area contributed by atoms with Gasteiger partial charge in [-0.3, -0.25) is 9.79 Å². The molecule has 4 heteroatoms. The van der Waals surface area contributed by atoms with Crippen LogP contribution in [0.15, 0.2) is 47.5 Å². The topological polar surface area (TPSA) is 38.7 Å². The van der Waals surface area contributed by atoms with Crippen LogP contribution in [0.1, 0.15) is 21.5 Å². The molecular formula is C17H14FNO2. The van der Waals surface area contributed by atoms with Crippen molar-refractivity contribution in [3.8, 4) is 5.75 Å². The Morgan fingerprint density at radius 2 is 2.05 bits per heavy atom. The van der Waals surface area contributed by atoms with E-state index in [9.17, 15) is 9.18 Å². The highest BCUT2D eigenvalue weighted by Crippen LogP contribution is 2.24. The Bertz CT molecular complexity index is 737. The van der Waals surface area contributed by atoms with Crippen LogP contribution in [0.2, 0.25) is 0 Å². The van der Waals surface area contributed by atoms with Crippen molar-refractivity contribution in [1.82, 2.24) is 0 Å². The summed E-state index contributed by atoms with van der Waals surface area (Å²) in [6.45, 7) is 0.493. The average Bonchev–Trinajstić information content (AvgIpc) is 2.53. The molecular weight excluding hydrogens is 269 g/mol. The van der Waals surface area contributed by atoms with Crippen LogP contribution in [0.25, 0.3) is 0 Å². The van der Waals surface area contributed by atoms with Gasteiger partial charge in [-0.2, -0.15) is 0 Å². The highest BCUT2D eigenvalue weighted by molar-refractivity contribution is 6.52. The molecule has 0 N–H and O–H groups in total. The number of fused-ring (bicyclic) bond motifs is 1. The number of ether oxygens (including phenoxy) is 1. The summed E-state index contributed by atoms with van der Waals surface area (Å²) in [7, 11) is 1.53. The Balaban J connectivity index is 2.05. The number of aliphatic imine (C=N–C) groups is 1. The molecule has 0 spiro atoms. The van der Waals surface area contributed by atoms with Gasteiger partial charge < -0.3 is 4.74 Å². The number of Topliss-reactive ketones (excluding diaryl/α,β-unsaturated/α-hetero) is 1. The van der Waals surface area contributed by atoms with Gasteiger partial charge in [0, 0.05) is 12.1 Å². The zero-order valence-electron chi connectivity index (χ0n) is 11.6. The molecule has 0 saturated carbocycles. The summed E-state index contributed by atoms with van der Waals surface area (Å²) >= 11 is 0. The van der Waals surface area contributed by atoms with Crippen molar-refractivity contribution in [1.29, 1.82) is 0 Å². The predicted octanol–water partition coefficient (Wildman–Crippen LogP) is 3.06. The van der Waals surface area contributed by atoms with E-state index in [2.05, 4.69) is 4.99 Å². The lowest BCUT2D eigenvalue weighted by atomic mass is 9.92. The molecule has 3 rings (SSSR count). The number of hydrogen-bond donors (Lipinski definition) is 0. The number of para-hydroxylation sites is 1. The molecule has 0 atom stereocenters. The van der Waals surface area contributed by atoms with Gasteiger partial charge in [-0.15, -0.1) is 0 Å². The molecule has 0 saturated heterocycles. The van der Waals surface area contributed by atoms with Crippen LogP contribution in [0.3, 0.4) is 0 Å². The van der Waals surface area contributed by atoms with E-state index >= 15 is 0 Å². The van der Waals surface area contributed by atoms with Crippen LogP contribution < -0.4 is 4.74 Å². The second-order valence-electron chi connectivity index (χ2n) is 4.81. The first-order valence-corrected chi connectivity index (χ1v) is 6.71. The monoisotopic (exact) mass is 283 g/mol. The van der Waals surface area contributed by atoms with Crippen molar-refractivity contribution >= 4 is 11.5 Å². The maximum atomic E-state index is 13.3. The first-order chi connectivity index (χ1) is 10.2. The highest BCUT2D eigenvalue weighted by Gasteiger charge is 2.24. The van der Waals surface area contributed by atoms with Gasteiger partial charge in [-0.25, -0.2) is 4.39 Å². The molecule has 0 aromatic heterocycles. The Morgan fingerprint density at radius 1 is 1.24 bits per heavy atom. The molecule has 0 unspecified atom stereocenters. The summed E-state index contributed by atoms with van der Waals surface area (Å²) in [6, 6.07) is 11.5. The Hall–Kier alpha value is -2.49. The van der Waals surface area contributed by atoms with Crippen LogP contribution in [0, 0.1) is 5.82 Å². The minimum Gasteiger partial charge on any atom is -0.496 e. The Labute approximate surface area is 122 Å². The van der Waals surface area contributed by atoms with Gasteiger partial charge in [0.25, 0.3) is 0 Å². The number of carbonyl (C=O) groups is 1. The fourth-order valence-electron chi connectivity index (χ4n) is 2.53. The Morgan fingerprint density at radius 3 is 2.86 bits per heavy atom. The molecule has 0 bridgehead atoms. The summed E-state index contributed by atoms with van der Waals surface area (Å²) in [5.74, 6) is 0.0270. The lowest BCUT2D eigenvalue weighted by Crippen LogP contribution is -2.22. The molecule has 0 aliphatic carbocycles. The van der Waals surface area contributed by atoms with Crippen molar-refractivity contribution in [2.75, 3.05) is 13.7 Å². The highest BCUT2D eigenvalue weighted by atomic mass is 19.1.